The van der Waals surface area contributed by atoms with Gasteiger partial charge in [0.15, 0.2) is 0 Å². The molecule has 8 rings (SSSR count). The molecule has 6 aliphatic rings. The maximum Gasteiger partial charge on any atom is 0.308 e. The molecular weight excluding hydrogens is 372 g/mol. The molecule has 0 heterocycles. The third kappa shape index (κ3) is 1.24. The summed E-state index contributed by atoms with van der Waals surface area (Å²) in [6, 6.07) is 17.4. The fourth-order valence-electron chi connectivity index (χ4n) is 10.8. The molecule has 6 saturated carbocycles. The monoisotopic (exact) mass is 400 g/mol. The van der Waals surface area contributed by atoms with Gasteiger partial charge in [-0.05, 0) is 82.7 Å². The van der Waals surface area contributed by atoms with Crippen LogP contribution in [0.15, 0.2) is 48.5 Å². The van der Waals surface area contributed by atoms with Gasteiger partial charge in [-0.2, -0.15) is 0 Å². The first-order valence-electron chi connectivity index (χ1n) is 11.3. The minimum atomic E-state index is -0.262. The van der Waals surface area contributed by atoms with Gasteiger partial charge in [0, 0.05) is 17.8 Å². The van der Waals surface area contributed by atoms with Gasteiger partial charge < -0.3 is 9.47 Å². The van der Waals surface area contributed by atoms with Crippen LogP contribution in [-0.4, -0.2) is 13.1 Å². The number of methoxy groups -OCH3 is 1. The van der Waals surface area contributed by atoms with Crippen LogP contribution in [0.3, 0.4) is 0 Å². The molecule has 0 aliphatic heterocycles. The maximum atomic E-state index is 11.4. The Labute approximate surface area is 177 Å². The van der Waals surface area contributed by atoms with Crippen molar-refractivity contribution in [2.45, 2.75) is 44.4 Å². The van der Waals surface area contributed by atoms with Crippen molar-refractivity contribution in [2.24, 2.45) is 34.5 Å². The highest BCUT2D eigenvalue weighted by Gasteiger charge is 3.10. The van der Waals surface area contributed by atoms with Crippen LogP contribution in [0.2, 0.25) is 0 Å². The van der Waals surface area contributed by atoms with Crippen molar-refractivity contribution >= 4 is 5.97 Å². The Morgan fingerprint density at radius 2 is 1.23 bits per heavy atom. The van der Waals surface area contributed by atoms with Crippen molar-refractivity contribution in [3.8, 4) is 11.5 Å². The molecule has 6 fully saturated rings. The fraction of sp³-hybridized carbons (Fsp3) is 0.519. The van der Waals surface area contributed by atoms with Gasteiger partial charge >= 0.3 is 5.97 Å². The lowest BCUT2D eigenvalue weighted by molar-refractivity contribution is -0.584. The van der Waals surface area contributed by atoms with Crippen LogP contribution < -0.4 is 9.47 Å². The number of esters is 1. The molecule has 0 amide bonds. The Balaban J connectivity index is 1.40. The number of benzene rings is 2. The average molecular weight is 401 g/mol. The first-order valence-corrected chi connectivity index (χ1v) is 11.3. The summed E-state index contributed by atoms with van der Waals surface area (Å²) in [5, 5.41) is 0. The van der Waals surface area contributed by atoms with Gasteiger partial charge in [0.05, 0.1) is 7.11 Å². The summed E-state index contributed by atoms with van der Waals surface area (Å²) in [6.45, 7) is 6.66. The predicted molar refractivity (Wildman–Crippen MR) is 114 cm³/mol. The third-order valence-electron chi connectivity index (χ3n) is 11.0. The second-order valence-corrected chi connectivity index (χ2v) is 10.7. The lowest BCUT2D eigenvalue weighted by Gasteiger charge is -3.11. The van der Waals surface area contributed by atoms with E-state index in [-0.39, 0.29) is 16.8 Å². The van der Waals surface area contributed by atoms with E-state index in [1.54, 1.807) is 7.11 Å². The number of fused-ring (bicyclic) bond motifs is 1. The summed E-state index contributed by atoms with van der Waals surface area (Å²) in [4.78, 5) is 11.4. The van der Waals surface area contributed by atoms with Crippen molar-refractivity contribution in [3.05, 3.63) is 59.7 Å². The van der Waals surface area contributed by atoms with Crippen LogP contribution in [0.5, 0.6) is 11.5 Å². The molecule has 0 N–H and O–H groups in total. The lowest BCUT2D eigenvalue weighted by Crippen LogP contribution is -3.11. The summed E-state index contributed by atoms with van der Waals surface area (Å²) in [7, 11) is 1.74. The molecule has 2 aromatic carbocycles. The topological polar surface area (TPSA) is 35.5 Å². The van der Waals surface area contributed by atoms with Crippen molar-refractivity contribution in [1.82, 2.24) is 0 Å². The maximum absolute atomic E-state index is 11.4. The Bertz CT molecular complexity index is 1100. The van der Waals surface area contributed by atoms with Gasteiger partial charge in [-0.3, -0.25) is 4.79 Å². The van der Waals surface area contributed by atoms with Crippen molar-refractivity contribution in [3.63, 3.8) is 0 Å². The van der Waals surface area contributed by atoms with Gasteiger partial charge in [0.1, 0.15) is 11.5 Å². The van der Waals surface area contributed by atoms with E-state index >= 15 is 0 Å². The largest absolute Gasteiger partial charge is 0.497 e. The molecule has 2 aromatic rings. The van der Waals surface area contributed by atoms with Crippen LogP contribution >= 0.6 is 0 Å². The molecule has 8 unspecified atom stereocenters. The first kappa shape index (κ1) is 17.4. The van der Waals surface area contributed by atoms with E-state index in [1.165, 1.54) is 30.9 Å². The second kappa shape index (κ2) is 4.79. The number of hydrogen-bond donors (Lipinski definition) is 0. The van der Waals surface area contributed by atoms with Gasteiger partial charge in [0.25, 0.3) is 0 Å². The standard InChI is InChI=1S/C27H28O3/c1-15(28)30-19-11-7-17(8-12-19)27-23-21-14-13-20-22(23)26(27,24(20,2)25(21,27)3)16-5-9-18(29-4)10-6-16/h5-12,20-23H,13-14H2,1-4H3. The molecule has 0 saturated heterocycles. The molecule has 6 aliphatic carbocycles. The highest BCUT2D eigenvalue weighted by atomic mass is 16.5. The average Bonchev–Trinajstić information content (AvgIpc) is 2.72. The summed E-state index contributed by atoms with van der Waals surface area (Å²) in [5.74, 6) is 4.69. The molecule has 0 spiro atoms. The van der Waals surface area contributed by atoms with Gasteiger partial charge in [-0.25, -0.2) is 0 Å². The van der Waals surface area contributed by atoms with Crippen molar-refractivity contribution in [1.29, 1.82) is 0 Å². The van der Waals surface area contributed by atoms with E-state index in [0.717, 1.165) is 29.4 Å². The number of carbonyl (C=O) groups excluding carboxylic acids is 1. The number of hydrogen-bond acceptors (Lipinski definition) is 3. The molecule has 0 radical (unpaired) electrons. The van der Waals surface area contributed by atoms with E-state index in [2.05, 4.69) is 50.2 Å². The number of ether oxygens (including phenoxy) is 2. The number of carbonyl (C=O) groups is 1. The van der Waals surface area contributed by atoms with E-state index < -0.39 is 0 Å². The summed E-state index contributed by atoms with van der Waals surface area (Å²) >= 11 is 0. The molecule has 8 atom stereocenters. The highest BCUT2D eigenvalue weighted by molar-refractivity contribution is 5.72. The van der Waals surface area contributed by atoms with Crippen LogP contribution in [0.25, 0.3) is 0 Å². The summed E-state index contributed by atoms with van der Waals surface area (Å²) < 4.78 is 10.8. The van der Waals surface area contributed by atoms with Crippen LogP contribution in [0.4, 0.5) is 0 Å². The van der Waals surface area contributed by atoms with E-state index in [0.29, 0.717) is 16.6 Å². The summed E-state index contributed by atoms with van der Waals surface area (Å²) in [5.41, 5.74) is 4.18. The molecule has 3 heteroatoms. The molecule has 3 nitrogen and oxygen atoms in total. The zero-order chi connectivity index (χ0) is 20.7. The SMILES string of the molecule is COc1ccc(C23C4C5CCC6C4C2(c2ccc(OC(C)=O)cc2)C6(C)C53C)cc1. The van der Waals surface area contributed by atoms with Crippen LogP contribution in [0.1, 0.15) is 44.7 Å². The zero-order valence-electron chi connectivity index (χ0n) is 18.1. The molecule has 30 heavy (non-hydrogen) atoms. The van der Waals surface area contributed by atoms with E-state index in [4.69, 9.17) is 9.47 Å². The smallest absolute Gasteiger partial charge is 0.308 e. The molecular formula is C27H28O3. The number of rotatable bonds is 4. The van der Waals surface area contributed by atoms with Gasteiger partial charge in [-0.15, -0.1) is 0 Å². The predicted octanol–water partition coefficient (Wildman–Crippen LogP) is 5.12. The minimum Gasteiger partial charge on any atom is -0.497 e. The van der Waals surface area contributed by atoms with Crippen LogP contribution in [-0.2, 0) is 15.6 Å². The first-order chi connectivity index (χ1) is 14.4. The minimum absolute atomic E-state index is 0.227. The highest BCUT2D eigenvalue weighted by Crippen LogP contribution is 3.10. The van der Waals surface area contributed by atoms with Gasteiger partial charge in [-0.1, -0.05) is 38.1 Å². The van der Waals surface area contributed by atoms with E-state index in [1.807, 2.05) is 12.1 Å². The van der Waals surface area contributed by atoms with E-state index in [9.17, 15) is 4.79 Å². The van der Waals surface area contributed by atoms with Crippen molar-refractivity contribution in [2.75, 3.05) is 7.11 Å². The zero-order valence-corrected chi connectivity index (χ0v) is 18.1. The second-order valence-electron chi connectivity index (χ2n) is 10.7. The quantitative estimate of drug-likeness (QED) is 0.528. The lowest BCUT2D eigenvalue weighted by atomic mass is 8.91. The normalized spacial score (nSPS) is 47.7. The third-order valence-corrected chi connectivity index (χ3v) is 11.0. The fourth-order valence-corrected chi connectivity index (χ4v) is 10.8. The Hall–Kier alpha value is -2.29. The molecule has 2 bridgehead atoms. The van der Waals surface area contributed by atoms with Crippen LogP contribution in [0, 0.1) is 34.5 Å². The van der Waals surface area contributed by atoms with Gasteiger partial charge in [0.2, 0.25) is 0 Å². The van der Waals surface area contributed by atoms with Crippen molar-refractivity contribution < 1.29 is 14.3 Å². The molecule has 154 valence electrons. The Morgan fingerprint density at radius 1 is 0.800 bits per heavy atom. The Morgan fingerprint density at radius 3 is 1.63 bits per heavy atom. The molecule has 0 aromatic heterocycles. The summed E-state index contributed by atoms with van der Waals surface area (Å²) in [6.07, 6.45) is 2.82. The Kier molecular flexibility index (Phi) is 2.78.